The first-order valence-corrected chi connectivity index (χ1v) is 9.65. The minimum Gasteiger partial charge on any atom is -0.332 e. The van der Waals surface area contributed by atoms with Gasteiger partial charge in [0, 0.05) is 23.7 Å². The van der Waals surface area contributed by atoms with Gasteiger partial charge in [-0.05, 0) is 30.3 Å². The van der Waals surface area contributed by atoms with Crippen molar-refractivity contribution in [3.63, 3.8) is 0 Å². The second-order valence-corrected chi connectivity index (χ2v) is 8.41. The lowest BCUT2D eigenvalue weighted by Gasteiger charge is -2.19. The fourth-order valence-electron chi connectivity index (χ4n) is 2.35. The summed E-state index contributed by atoms with van der Waals surface area (Å²) in [5, 5.41) is 6.01. The Morgan fingerprint density at radius 1 is 0.966 bits per heavy atom. The molecule has 0 saturated heterocycles. The summed E-state index contributed by atoms with van der Waals surface area (Å²) in [6.45, 7) is 5.21. The van der Waals surface area contributed by atoms with Crippen LogP contribution < -0.4 is 10.6 Å². The molecule has 0 aliphatic heterocycles. The van der Waals surface area contributed by atoms with Crippen molar-refractivity contribution in [2.75, 3.05) is 24.2 Å². The average Bonchev–Trinajstić information content (AvgIpc) is 2.63. The van der Waals surface area contributed by atoms with Gasteiger partial charge in [0.05, 0.1) is 22.3 Å². The van der Waals surface area contributed by atoms with Crippen molar-refractivity contribution in [3.05, 3.63) is 58.1 Å². The number of amides is 3. The van der Waals surface area contributed by atoms with Crippen LogP contribution in [0.1, 0.15) is 31.1 Å². The van der Waals surface area contributed by atoms with Crippen LogP contribution in [0.3, 0.4) is 0 Å². The summed E-state index contributed by atoms with van der Waals surface area (Å²) in [6, 6.07) is 11.4. The molecule has 154 valence electrons. The highest BCUT2D eigenvalue weighted by atomic mass is 35.5. The van der Waals surface area contributed by atoms with Crippen LogP contribution in [0.2, 0.25) is 10.0 Å². The lowest BCUT2D eigenvalue weighted by atomic mass is 9.95. The van der Waals surface area contributed by atoms with Crippen LogP contribution in [0, 0.1) is 5.41 Å². The number of benzene rings is 2. The SMILES string of the molecule is CN(CC(=O)Nc1c(Cl)cccc1Cl)C(=O)c1cccc(NC(=O)C(C)(C)C)c1. The molecule has 0 aliphatic carbocycles. The number of para-hydroxylation sites is 1. The van der Waals surface area contributed by atoms with Gasteiger partial charge in [0.25, 0.3) is 5.91 Å². The Morgan fingerprint density at radius 3 is 2.14 bits per heavy atom. The third kappa shape index (κ3) is 6.21. The maximum Gasteiger partial charge on any atom is 0.254 e. The molecule has 2 N–H and O–H groups in total. The number of halogens is 2. The van der Waals surface area contributed by atoms with Crippen LogP contribution in [0.15, 0.2) is 42.5 Å². The van der Waals surface area contributed by atoms with E-state index in [1.807, 2.05) is 0 Å². The van der Waals surface area contributed by atoms with Gasteiger partial charge in [0.15, 0.2) is 0 Å². The smallest absolute Gasteiger partial charge is 0.254 e. The van der Waals surface area contributed by atoms with E-state index in [0.29, 0.717) is 27.0 Å². The second-order valence-electron chi connectivity index (χ2n) is 7.59. The molecule has 0 atom stereocenters. The van der Waals surface area contributed by atoms with Crippen molar-refractivity contribution in [1.29, 1.82) is 0 Å². The van der Waals surface area contributed by atoms with Crippen LogP contribution in [-0.2, 0) is 9.59 Å². The first kappa shape index (κ1) is 22.7. The third-order valence-electron chi connectivity index (χ3n) is 4.00. The fraction of sp³-hybridized carbons (Fsp3) is 0.286. The molecule has 6 nitrogen and oxygen atoms in total. The number of carbonyl (C=O) groups excluding carboxylic acids is 3. The maximum absolute atomic E-state index is 12.7. The van der Waals surface area contributed by atoms with Crippen molar-refractivity contribution in [2.24, 2.45) is 5.41 Å². The minimum atomic E-state index is -0.561. The zero-order valence-corrected chi connectivity index (χ0v) is 18.2. The van der Waals surface area contributed by atoms with E-state index in [-0.39, 0.29) is 18.4 Å². The van der Waals surface area contributed by atoms with Gasteiger partial charge in [0.1, 0.15) is 0 Å². The van der Waals surface area contributed by atoms with E-state index in [4.69, 9.17) is 23.2 Å². The number of hydrogen-bond acceptors (Lipinski definition) is 3. The van der Waals surface area contributed by atoms with Gasteiger partial charge >= 0.3 is 0 Å². The molecule has 2 aromatic rings. The molecule has 0 aliphatic rings. The van der Waals surface area contributed by atoms with Crippen molar-refractivity contribution in [2.45, 2.75) is 20.8 Å². The molecule has 0 aromatic heterocycles. The topological polar surface area (TPSA) is 78.5 Å². The van der Waals surface area contributed by atoms with E-state index in [9.17, 15) is 14.4 Å². The molecule has 0 heterocycles. The Hall–Kier alpha value is -2.57. The lowest BCUT2D eigenvalue weighted by Crippen LogP contribution is -2.35. The predicted octanol–water partition coefficient (Wildman–Crippen LogP) is 4.69. The highest BCUT2D eigenvalue weighted by molar-refractivity contribution is 6.39. The Balaban J connectivity index is 2.05. The molecule has 0 radical (unpaired) electrons. The van der Waals surface area contributed by atoms with E-state index in [0.717, 1.165) is 0 Å². The molecule has 0 bridgehead atoms. The fourth-order valence-corrected chi connectivity index (χ4v) is 2.84. The average molecular weight is 436 g/mol. The molecule has 3 amide bonds. The van der Waals surface area contributed by atoms with Gasteiger partial charge in [-0.3, -0.25) is 14.4 Å². The van der Waals surface area contributed by atoms with Gasteiger partial charge in [-0.1, -0.05) is 56.1 Å². The number of hydrogen-bond donors (Lipinski definition) is 2. The van der Waals surface area contributed by atoms with Crippen LogP contribution in [0.4, 0.5) is 11.4 Å². The second kappa shape index (κ2) is 9.29. The van der Waals surface area contributed by atoms with Gasteiger partial charge in [-0.25, -0.2) is 0 Å². The van der Waals surface area contributed by atoms with Gasteiger partial charge < -0.3 is 15.5 Å². The zero-order chi connectivity index (χ0) is 21.8. The third-order valence-corrected chi connectivity index (χ3v) is 4.63. The summed E-state index contributed by atoms with van der Waals surface area (Å²) in [4.78, 5) is 38.4. The van der Waals surface area contributed by atoms with E-state index in [1.165, 1.54) is 11.9 Å². The van der Waals surface area contributed by atoms with Crippen molar-refractivity contribution >= 4 is 52.3 Å². The first-order valence-electron chi connectivity index (χ1n) is 8.90. The number of likely N-dealkylation sites (N-methyl/N-ethyl adjacent to an activating group) is 1. The van der Waals surface area contributed by atoms with Crippen LogP contribution >= 0.6 is 23.2 Å². The van der Waals surface area contributed by atoms with Crippen molar-refractivity contribution < 1.29 is 14.4 Å². The summed E-state index contributed by atoms with van der Waals surface area (Å²) in [7, 11) is 1.51. The summed E-state index contributed by atoms with van der Waals surface area (Å²) in [5.74, 6) is -0.961. The standard InChI is InChI=1S/C21H23Cl2N3O3/c1-21(2,3)20(29)24-14-8-5-7-13(11-14)19(28)26(4)12-17(27)25-18-15(22)9-6-10-16(18)23/h5-11H,12H2,1-4H3,(H,24,29)(H,25,27). The maximum atomic E-state index is 12.7. The molecule has 0 spiro atoms. The summed E-state index contributed by atoms with van der Waals surface area (Å²) in [6.07, 6.45) is 0. The molecule has 8 heteroatoms. The van der Waals surface area contributed by atoms with E-state index >= 15 is 0 Å². The van der Waals surface area contributed by atoms with E-state index in [2.05, 4.69) is 10.6 Å². The van der Waals surface area contributed by atoms with Crippen LogP contribution in [0.5, 0.6) is 0 Å². The van der Waals surface area contributed by atoms with Crippen LogP contribution in [-0.4, -0.2) is 36.2 Å². The van der Waals surface area contributed by atoms with E-state index in [1.54, 1.807) is 63.2 Å². The van der Waals surface area contributed by atoms with Gasteiger partial charge in [0.2, 0.25) is 11.8 Å². The van der Waals surface area contributed by atoms with Crippen molar-refractivity contribution in [1.82, 2.24) is 4.90 Å². The largest absolute Gasteiger partial charge is 0.332 e. The Bertz CT molecular complexity index is 919. The predicted molar refractivity (Wildman–Crippen MR) is 117 cm³/mol. The monoisotopic (exact) mass is 435 g/mol. The summed E-state index contributed by atoms with van der Waals surface area (Å²) in [5.41, 5.74) is 0.599. The molecule has 2 rings (SSSR count). The van der Waals surface area contributed by atoms with Gasteiger partial charge in [-0.2, -0.15) is 0 Å². The molecular formula is C21H23Cl2N3O3. The first-order chi connectivity index (χ1) is 13.5. The quantitative estimate of drug-likeness (QED) is 0.714. The number of rotatable bonds is 5. The Morgan fingerprint density at radius 2 is 1.55 bits per heavy atom. The molecule has 0 saturated carbocycles. The molecule has 29 heavy (non-hydrogen) atoms. The number of anilines is 2. The normalized spacial score (nSPS) is 11.0. The van der Waals surface area contributed by atoms with E-state index < -0.39 is 11.3 Å². The molecule has 0 unspecified atom stereocenters. The molecule has 2 aromatic carbocycles. The lowest BCUT2D eigenvalue weighted by molar-refractivity contribution is -0.123. The highest BCUT2D eigenvalue weighted by Crippen LogP contribution is 2.29. The van der Waals surface area contributed by atoms with Crippen LogP contribution in [0.25, 0.3) is 0 Å². The molecule has 0 fully saturated rings. The summed E-state index contributed by atoms with van der Waals surface area (Å²) < 4.78 is 0. The van der Waals surface area contributed by atoms with Crippen molar-refractivity contribution in [3.8, 4) is 0 Å². The Kier molecular flexibility index (Phi) is 7.27. The molecular weight excluding hydrogens is 413 g/mol. The zero-order valence-electron chi connectivity index (χ0n) is 16.7. The summed E-state index contributed by atoms with van der Waals surface area (Å²) >= 11 is 12.1. The number of nitrogens with zero attached hydrogens (tertiary/aromatic N) is 1. The highest BCUT2D eigenvalue weighted by Gasteiger charge is 2.22. The minimum absolute atomic E-state index is 0.161. The van der Waals surface area contributed by atoms with Gasteiger partial charge in [-0.15, -0.1) is 0 Å². The number of nitrogens with one attached hydrogen (secondary N) is 2. The number of carbonyl (C=O) groups is 3. The Labute approximate surface area is 180 Å².